The molecule has 1 amide bonds. The van der Waals surface area contributed by atoms with Gasteiger partial charge in [-0.3, -0.25) is 4.79 Å². The van der Waals surface area contributed by atoms with Crippen molar-refractivity contribution in [1.82, 2.24) is 10.6 Å². The lowest BCUT2D eigenvalue weighted by Gasteiger charge is -2.13. The summed E-state index contributed by atoms with van der Waals surface area (Å²) in [5.74, 6) is 0.961. The highest BCUT2D eigenvalue weighted by atomic mass is 35.5. The highest BCUT2D eigenvalue weighted by molar-refractivity contribution is 5.85. The Labute approximate surface area is 140 Å². The number of amides is 1. The maximum atomic E-state index is 11.7. The van der Waals surface area contributed by atoms with E-state index in [2.05, 4.69) is 44.4 Å². The van der Waals surface area contributed by atoms with Crippen molar-refractivity contribution in [2.75, 3.05) is 19.7 Å². The Morgan fingerprint density at radius 2 is 2.00 bits per heavy atom. The van der Waals surface area contributed by atoms with Gasteiger partial charge in [-0.05, 0) is 57.0 Å². The molecule has 0 spiro atoms. The van der Waals surface area contributed by atoms with Gasteiger partial charge in [-0.2, -0.15) is 0 Å². The lowest BCUT2D eigenvalue weighted by atomic mass is 10.1. The van der Waals surface area contributed by atoms with Gasteiger partial charge >= 0.3 is 0 Å². The number of rotatable bonds is 9. The molecule has 0 aromatic heterocycles. The van der Waals surface area contributed by atoms with Crippen molar-refractivity contribution >= 4 is 18.3 Å². The van der Waals surface area contributed by atoms with Crippen molar-refractivity contribution in [1.29, 1.82) is 0 Å². The van der Waals surface area contributed by atoms with Crippen LogP contribution in [0.1, 0.15) is 37.8 Å². The minimum atomic E-state index is 0. The third-order valence-corrected chi connectivity index (χ3v) is 3.45. The molecule has 0 saturated carbocycles. The van der Waals surface area contributed by atoms with E-state index in [1.54, 1.807) is 0 Å². The minimum Gasteiger partial charge on any atom is -0.494 e. The Kier molecular flexibility index (Phi) is 10.7. The molecule has 4 nitrogen and oxygen atoms in total. The molecular formula is C17H29ClN2O2. The molecule has 1 rings (SSSR count). The molecule has 0 fully saturated rings. The molecule has 0 aliphatic carbocycles. The number of aryl methyl sites for hydroxylation is 2. The number of carbonyl (C=O) groups excluding carboxylic acids is 1. The zero-order valence-electron chi connectivity index (χ0n) is 14.1. The lowest BCUT2D eigenvalue weighted by molar-refractivity contribution is -0.121. The van der Waals surface area contributed by atoms with E-state index in [4.69, 9.17) is 4.74 Å². The number of ether oxygens (including phenoxy) is 1. The first-order valence-electron chi connectivity index (χ1n) is 7.73. The van der Waals surface area contributed by atoms with E-state index < -0.39 is 0 Å². The zero-order chi connectivity index (χ0) is 15.7. The molecule has 0 aliphatic rings. The summed E-state index contributed by atoms with van der Waals surface area (Å²) >= 11 is 0. The van der Waals surface area contributed by atoms with Crippen molar-refractivity contribution in [2.45, 2.75) is 46.6 Å². The maximum Gasteiger partial charge on any atom is 0.220 e. The van der Waals surface area contributed by atoms with Gasteiger partial charge in [0.05, 0.1) is 6.61 Å². The molecule has 2 N–H and O–H groups in total. The Morgan fingerprint density at radius 3 is 2.64 bits per heavy atom. The second-order valence-corrected chi connectivity index (χ2v) is 5.46. The topological polar surface area (TPSA) is 50.4 Å². The van der Waals surface area contributed by atoms with Gasteiger partial charge in [0.25, 0.3) is 0 Å². The number of hydrogen-bond donors (Lipinski definition) is 2. The summed E-state index contributed by atoms with van der Waals surface area (Å²) in [6, 6.07) is 6.37. The highest BCUT2D eigenvalue weighted by Gasteiger charge is 2.04. The number of likely N-dealkylation sites (N-methyl/N-ethyl adjacent to an activating group) is 1. The van der Waals surface area contributed by atoms with Gasteiger partial charge in [-0.1, -0.05) is 13.0 Å². The fraction of sp³-hybridized carbons (Fsp3) is 0.588. The quantitative estimate of drug-likeness (QED) is 0.685. The largest absolute Gasteiger partial charge is 0.494 e. The van der Waals surface area contributed by atoms with Crippen molar-refractivity contribution in [3.8, 4) is 5.75 Å². The zero-order valence-corrected chi connectivity index (χ0v) is 14.9. The summed E-state index contributed by atoms with van der Waals surface area (Å²) in [7, 11) is 0. The van der Waals surface area contributed by atoms with Crippen molar-refractivity contribution in [3.05, 3.63) is 29.3 Å². The van der Waals surface area contributed by atoms with Gasteiger partial charge in [0, 0.05) is 19.0 Å². The van der Waals surface area contributed by atoms with Crippen LogP contribution < -0.4 is 15.4 Å². The molecule has 1 aromatic rings. The molecule has 1 aromatic carbocycles. The molecule has 0 saturated heterocycles. The summed E-state index contributed by atoms with van der Waals surface area (Å²) < 4.78 is 5.66. The van der Waals surface area contributed by atoms with Gasteiger partial charge < -0.3 is 15.4 Å². The Balaban J connectivity index is 0.00000441. The molecular weight excluding hydrogens is 300 g/mol. The average molecular weight is 329 g/mol. The second-order valence-electron chi connectivity index (χ2n) is 5.46. The van der Waals surface area contributed by atoms with Crippen LogP contribution in [-0.4, -0.2) is 31.6 Å². The molecule has 22 heavy (non-hydrogen) atoms. The van der Waals surface area contributed by atoms with E-state index in [0.29, 0.717) is 25.6 Å². The maximum absolute atomic E-state index is 11.7. The van der Waals surface area contributed by atoms with Crippen LogP contribution in [0.3, 0.4) is 0 Å². The van der Waals surface area contributed by atoms with Gasteiger partial charge in [-0.15, -0.1) is 12.4 Å². The second kappa shape index (κ2) is 11.3. The fourth-order valence-electron chi connectivity index (χ4n) is 2.00. The Morgan fingerprint density at radius 1 is 1.27 bits per heavy atom. The first kappa shape index (κ1) is 20.7. The summed E-state index contributed by atoms with van der Waals surface area (Å²) in [5, 5.41) is 6.19. The normalized spacial score (nSPS) is 11.5. The number of halogens is 1. The molecule has 1 atom stereocenters. The van der Waals surface area contributed by atoms with Crippen molar-refractivity contribution in [3.63, 3.8) is 0 Å². The van der Waals surface area contributed by atoms with Crippen LogP contribution in [0.5, 0.6) is 5.75 Å². The smallest absolute Gasteiger partial charge is 0.220 e. The average Bonchev–Trinajstić information content (AvgIpc) is 2.45. The molecule has 0 aliphatic heterocycles. The van der Waals surface area contributed by atoms with E-state index in [1.165, 1.54) is 11.1 Å². The monoisotopic (exact) mass is 328 g/mol. The fourth-order valence-corrected chi connectivity index (χ4v) is 2.00. The van der Waals surface area contributed by atoms with Crippen LogP contribution in [0, 0.1) is 13.8 Å². The van der Waals surface area contributed by atoms with E-state index in [9.17, 15) is 4.79 Å². The SMILES string of the molecule is CCN[C@H](C)CNC(=O)CCCOc1ccc(C)c(C)c1.Cl. The van der Waals surface area contributed by atoms with Crippen LogP contribution in [-0.2, 0) is 4.79 Å². The number of carbonyl (C=O) groups is 1. The van der Waals surface area contributed by atoms with Crippen LogP contribution in [0.15, 0.2) is 18.2 Å². The molecule has 0 radical (unpaired) electrons. The standard InChI is InChI=1S/C17H28N2O2.ClH/c1-5-18-15(4)12-19-17(20)7-6-10-21-16-9-8-13(2)14(3)11-16;/h8-9,11,15,18H,5-7,10,12H2,1-4H3,(H,19,20);1H/t15-;/m1./s1. The molecule has 0 bridgehead atoms. The molecule has 126 valence electrons. The minimum absolute atomic E-state index is 0. The highest BCUT2D eigenvalue weighted by Crippen LogP contribution is 2.16. The summed E-state index contributed by atoms with van der Waals surface area (Å²) in [5.41, 5.74) is 2.49. The van der Waals surface area contributed by atoms with E-state index in [1.807, 2.05) is 12.1 Å². The molecule has 0 heterocycles. The van der Waals surface area contributed by atoms with Crippen LogP contribution in [0.25, 0.3) is 0 Å². The molecule has 0 unspecified atom stereocenters. The predicted octanol–water partition coefficient (Wildman–Crippen LogP) is 3.00. The predicted molar refractivity (Wildman–Crippen MR) is 94.0 cm³/mol. The third-order valence-electron chi connectivity index (χ3n) is 3.45. The molecule has 5 heteroatoms. The van der Waals surface area contributed by atoms with E-state index >= 15 is 0 Å². The Bertz CT molecular complexity index is 452. The van der Waals surface area contributed by atoms with Gasteiger partial charge in [-0.25, -0.2) is 0 Å². The third kappa shape index (κ3) is 8.25. The van der Waals surface area contributed by atoms with E-state index in [-0.39, 0.29) is 18.3 Å². The Hall–Kier alpha value is -1.26. The van der Waals surface area contributed by atoms with Crippen molar-refractivity contribution in [2.24, 2.45) is 0 Å². The van der Waals surface area contributed by atoms with Crippen molar-refractivity contribution < 1.29 is 9.53 Å². The first-order chi connectivity index (χ1) is 10.0. The number of benzene rings is 1. The summed E-state index contributed by atoms with van der Waals surface area (Å²) in [4.78, 5) is 11.7. The van der Waals surface area contributed by atoms with E-state index in [0.717, 1.165) is 18.7 Å². The van der Waals surface area contributed by atoms with Gasteiger partial charge in [0.15, 0.2) is 0 Å². The first-order valence-corrected chi connectivity index (χ1v) is 7.73. The lowest BCUT2D eigenvalue weighted by Crippen LogP contribution is -2.38. The van der Waals surface area contributed by atoms with Gasteiger partial charge in [0.2, 0.25) is 5.91 Å². The van der Waals surface area contributed by atoms with Crippen LogP contribution in [0.4, 0.5) is 0 Å². The number of nitrogens with one attached hydrogen (secondary N) is 2. The van der Waals surface area contributed by atoms with Crippen LogP contribution >= 0.6 is 12.4 Å². The summed E-state index contributed by atoms with van der Waals surface area (Å²) in [6.07, 6.45) is 1.23. The summed E-state index contributed by atoms with van der Waals surface area (Å²) in [6.45, 7) is 10.4. The van der Waals surface area contributed by atoms with Crippen LogP contribution in [0.2, 0.25) is 0 Å². The number of hydrogen-bond acceptors (Lipinski definition) is 3. The van der Waals surface area contributed by atoms with Gasteiger partial charge in [0.1, 0.15) is 5.75 Å².